The van der Waals surface area contributed by atoms with Crippen molar-refractivity contribution < 1.29 is 24.9 Å². The summed E-state index contributed by atoms with van der Waals surface area (Å²) in [6, 6.07) is 1.11. The van der Waals surface area contributed by atoms with Crippen molar-refractivity contribution in [3.8, 4) is 0 Å². The molecule has 1 aliphatic heterocycles. The Labute approximate surface area is 107 Å². The van der Waals surface area contributed by atoms with Gasteiger partial charge in [-0.3, -0.25) is 9.59 Å². The Balaban J connectivity index is 2.35. The van der Waals surface area contributed by atoms with Gasteiger partial charge >= 0.3 is 0 Å². The molecular formula is C11H14N2O6. The lowest BCUT2D eigenvalue weighted by molar-refractivity contribution is -0.0530. The monoisotopic (exact) mass is 270 g/mol. The van der Waals surface area contributed by atoms with Crippen LogP contribution in [0.5, 0.6) is 0 Å². The third kappa shape index (κ3) is 2.38. The van der Waals surface area contributed by atoms with Gasteiger partial charge in [0.1, 0.15) is 23.9 Å². The maximum Gasteiger partial charge on any atom is 0.254 e. The molecule has 0 bridgehead atoms. The van der Waals surface area contributed by atoms with Crippen LogP contribution < -0.4 is 11.2 Å². The number of pyridine rings is 1. The van der Waals surface area contributed by atoms with E-state index in [-0.39, 0.29) is 5.56 Å². The number of primary amides is 1. The fourth-order valence-electron chi connectivity index (χ4n) is 1.97. The topological polar surface area (TPSA) is 135 Å². The number of carbonyl (C=O) groups excluding carboxylic acids is 1. The van der Waals surface area contributed by atoms with Crippen LogP contribution in [-0.4, -0.2) is 50.7 Å². The van der Waals surface area contributed by atoms with Gasteiger partial charge in [0.2, 0.25) is 0 Å². The van der Waals surface area contributed by atoms with Crippen LogP contribution in [0.15, 0.2) is 23.3 Å². The van der Waals surface area contributed by atoms with E-state index in [9.17, 15) is 19.8 Å². The number of hydrogen-bond acceptors (Lipinski definition) is 6. The van der Waals surface area contributed by atoms with E-state index < -0.39 is 42.5 Å². The van der Waals surface area contributed by atoms with E-state index in [0.717, 1.165) is 12.3 Å². The smallest absolute Gasteiger partial charge is 0.254 e. The van der Waals surface area contributed by atoms with Crippen molar-refractivity contribution in [3.63, 3.8) is 0 Å². The standard InChI is InChI=1S/C11H14N2O6/c12-10(18)5-3-13(2-1-6(5)15)11-9(17)8(16)7(4-14)19-11/h1-3,7-9,11,14,16-17H,4H2,(H2,12,18)/t7-,8-,9-,11-/m1/s1. The van der Waals surface area contributed by atoms with Gasteiger partial charge in [-0.15, -0.1) is 0 Å². The first-order valence-electron chi connectivity index (χ1n) is 5.59. The van der Waals surface area contributed by atoms with Crippen LogP contribution in [-0.2, 0) is 4.74 Å². The number of amides is 1. The van der Waals surface area contributed by atoms with Crippen molar-refractivity contribution in [2.75, 3.05) is 6.61 Å². The van der Waals surface area contributed by atoms with E-state index in [2.05, 4.69) is 0 Å². The lowest BCUT2D eigenvalue weighted by Crippen LogP contribution is -2.33. The van der Waals surface area contributed by atoms with E-state index in [1.807, 2.05) is 0 Å². The number of hydrogen-bond donors (Lipinski definition) is 4. The van der Waals surface area contributed by atoms with Gasteiger partial charge in [-0.05, 0) is 0 Å². The minimum Gasteiger partial charge on any atom is -0.394 e. The van der Waals surface area contributed by atoms with Gasteiger partial charge in [-0.1, -0.05) is 0 Å². The molecule has 1 aliphatic rings. The van der Waals surface area contributed by atoms with E-state index >= 15 is 0 Å². The molecule has 0 aliphatic carbocycles. The Kier molecular flexibility index (Phi) is 3.67. The molecule has 0 saturated carbocycles. The minimum atomic E-state index is -1.29. The summed E-state index contributed by atoms with van der Waals surface area (Å²) >= 11 is 0. The summed E-state index contributed by atoms with van der Waals surface area (Å²) in [7, 11) is 0. The summed E-state index contributed by atoms with van der Waals surface area (Å²) in [5.74, 6) is -0.897. The minimum absolute atomic E-state index is 0.250. The molecule has 0 radical (unpaired) electrons. The Hall–Kier alpha value is -1.74. The maximum atomic E-state index is 11.4. The van der Waals surface area contributed by atoms with Gasteiger partial charge in [-0.25, -0.2) is 0 Å². The molecule has 8 heteroatoms. The van der Waals surface area contributed by atoms with Gasteiger partial charge in [-0.2, -0.15) is 0 Å². The Morgan fingerprint density at radius 1 is 1.42 bits per heavy atom. The van der Waals surface area contributed by atoms with Crippen molar-refractivity contribution in [3.05, 3.63) is 34.2 Å². The number of nitrogens with zero attached hydrogens (tertiary/aromatic N) is 1. The molecule has 0 spiro atoms. The SMILES string of the molecule is NC(=O)c1cn([C@@H]2O[C@H](CO)[C@@H](O)[C@H]2O)ccc1=O. The maximum absolute atomic E-state index is 11.4. The third-order valence-electron chi connectivity index (χ3n) is 3.02. The third-order valence-corrected chi connectivity index (χ3v) is 3.02. The van der Waals surface area contributed by atoms with E-state index in [1.54, 1.807) is 0 Å². The molecule has 1 aromatic rings. The first-order chi connectivity index (χ1) is 8.95. The Bertz CT molecular complexity index is 542. The predicted octanol–water partition coefficient (Wildman–Crippen LogP) is -2.44. The zero-order valence-electron chi connectivity index (χ0n) is 9.84. The average molecular weight is 270 g/mol. The van der Waals surface area contributed by atoms with Crippen LogP contribution >= 0.6 is 0 Å². The Morgan fingerprint density at radius 2 is 2.11 bits per heavy atom. The second-order valence-corrected chi connectivity index (χ2v) is 4.26. The van der Waals surface area contributed by atoms with Gasteiger partial charge < -0.3 is 30.4 Å². The summed E-state index contributed by atoms with van der Waals surface area (Å²) < 4.78 is 6.51. The van der Waals surface area contributed by atoms with E-state index in [4.69, 9.17) is 15.6 Å². The number of ether oxygens (including phenoxy) is 1. The van der Waals surface area contributed by atoms with Crippen molar-refractivity contribution in [1.82, 2.24) is 4.57 Å². The zero-order chi connectivity index (χ0) is 14.2. The highest BCUT2D eigenvalue weighted by atomic mass is 16.6. The molecule has 2 heterocycles. The van der Waals surface area contributed by atoms with Gasteiger partial charge in [0.05, 0.1) is 6.61 Å². The van der Waals surface area contributed by atoms with Crippen molar-refractivity contribution in [1.29, 1.82) is 0 Å². The number of aliphatic hydroxyl groups is 3. The highest BCUT2D eigenvalue weighted by molar-refractivity contribution is 5.92. The Morgan fingerprint density at radius 3 is 2.63 bits per heavy atom. The highest BCUT2D eigenvalue weighted by Crippen LogP contribution is 2.28. The molecule has 104 valence electrons. The van der Waals surface area contributed by atoms with Crippen LogP contribution in [0, 0.1) is 0 Å². The number of aliphatic hydroxyl groups excluding tert-OH is 3. The summed E-state index contributed by atoms with van der Waals surface area (Å²) in [4.78, 5) is 22.5. The molecule has 8 nitrogen and oxygen atoms in total. The molecular weight excluding hydrogens is 256 g/mol. The van der Waals surface area contributed by atoms with Crippen LogP contribution in [0.1, 0.15) is 16.6 Å². The molecule has 0 unspecified atom stereocenters. The van der Waals surface area contributed by atoms with E-state index in [0.29, 0.717) is 0 Å². The molecule has 1 amide bonds. The number of carbonyl (C=O) groups is 1. The number of nitrogens with two attached hydrogens (primary N) is 1. The van der Waals surface area contributed by atoms with Gasteiger partial charge in [0.15, 0.2) is 11.7 Å². The normalized spacial score (nSPS) is 30.5. The van der Waals surface area contributed by atoms with Gasteiger partial charge in [0, 0.05) is 18.5 Å². The fraction of sp³-hybridized carbons (Fsp3) is 0.455. The molecule has 1 aromatic heterocycles. The molecule has 4 atom stereocenters. The van der Waals surface area contributed by atoms with Gasteiger partial charge in [0.25, 0.3) is 5.91 Å². The van der Waals surface area contributed by atoms with Crippen LogP contribution in [0.4, 0.5) is 0 Å². The summed E-state index contributed by atoms with van der Waals surface area (Å²) in [6.45, 7) is -0.461. The summed E-state index contributed by atoms with van der Waals surface area (Å²) in [5, 5.41) is 28.4. The molecule has 0 aromatic carbocycles. The van der Waals surface area contributed by atoms with Crippen LogP contribution in [0.25, 0.3) is 0 Å². The van der Waals surface area contributed by atoms with Crippen LogP contribution in [0.2, 0.25) is 0 Å². The van der Waals surface area contributed by atoms with Crippen molar-refractivity contribution >= 4 is 5.91 Å². The summed E-state index contributed by atoms with van der Waals surface area (Å²) in [6.07, 6.45) is -2.05. The first kappa shape index (κ1) is 13.7. The summed E-state index contributed by atoms with van der Waals surface area (Å²) in [5.41, 5.74) is 4.26. The molecule has 1 fully saturated rings. The lowest BCUT2D eigenvalue weighted by Gasteiger charge is -2.18. The number of rotatable bonds is 3. The van der Waals surface area contributed by atoms with Crippen molar-refractivity contribution in [2.24, 2.45) is 5.73 Å². The lowest BCUT2D eigenvalue weighted by atomic mass is 10.1. The number of aromatic nitrogens is 1. The highest BCUT2D eigenvalue weighted by Gasteiger charge is 2.43. The van der Waals surface area contributed by atoms with Crippen molar-refractivity contribution in [2.45, 2.75) is 24.5 Å². The molecule has 19 heavy (non-hydrogen) atoms. The quantitative estimate of drug-likeness (QED) is 0.482. The van der Waals surface area contributed by atoms with Crippen LogP contribution in [0.3, 0.4) is 0 Å². The molecule has 2 rings (SSSR count). The first-order valence-corrected chi connectivity index (χ1v) is 5.59. The molecule has 5 N–H and O–H groups in total. The molecule has 1 saturated heterocycles. The fourth-order valence-corrected chi connectivity index (χ4v) is 1.97. The van der Waals surface area contributed by atoms with E-state index in [1.165, 1.54) is 10.8 Å². The average Bonchev–Trinajstić information content (AvgIpc) is 2.66. The predicted molar refractivity (Wildman–Crippen MR) is 62.2 cm³/mol. The second-order valence-electron chi connectivity index (χ2n) is 4.26. The zero-order valence-corrected chi connectivity index (χ0v) is 9.84. The second kappa shape index (κ2) is 5.10. The largest absolute Gasteiger partial charge is 0.394 e.